The highest BCUT2D eigenvalue weighted by Gasteiger charge is 1.98. The van der Waals surface area contributed by atoms with E-state index >= 15 is 0 Å². The van der Waals surface area contributed by atoms with Crippen molar-refractivity contribution in [2.45, 2.75) is 19.5 Å². The molecule has 6 heteroatoms. The van der Waals surface area contributed by atoms with E-state index in [4.69, 9.17) is 5.73 Å². The van der Waals surface area contributed by atoms with Gasteiger partial charge < -0.3 is 10.3 Å². The zero-order valence-electron chi connectivity index (χ0n) is 9.21. The minimum atomic E-state index is -0.0270. The third kappa shape index (κ3) is 3.20. The van der Waals surface area contributed by atoms with Crippen molar-refractivity contribution in [3.05, 3.63) is 45.5 Å². The minimum Gasteiger partial charge on any atom is -0.398 e. The second kappa shape index (κ2) is 5.18. The molecule has 2 aromatic heterocycles. The van der Waals surface area contributed by atoms with Crippen molar-refractivity contribution in [2.75, 3.05) is 5.73 Å². The molecule has 0 saturated carbocycles. The molecule has 2 rings (SSSR count). The van der Waals surface area contributed by atoms with Crippen LogP contribution < -0.4 is 11.3 Å². The monoisotopic (exact) mass is 296 g/mol. The van der Waals surface area contributed by atoms with E-state index < -0.39 is 0 Å². The molecule has 5 nitrogen and oxygen atoms in total. The molecule has 0 spiro atoms. The zero-order chi connectivity index (χ0) is 12.3. The van der Waals surface area contributed by atoms with E-state index in [0.29, 0.717) is 12.2 Å². The highest BCUT2D eigenvalue weighted by molar-refractivity contribution is 9.10. The number of rotatable bonds is 4. The van der Waals surface area contributed by atoms with Crippen molar-refractivity contribution >= 4 is 21.6 Å². The second-order valence-corrected chi connectivity index (χ2v) is 4.68. The second-order valence-electron chi connectivity index (χ2n) is 3.77. The van der Waals surface area contributed by atoms with Gasteiger partial charge in [0.2, 0.25) is 0 Å². The molecule has 0 radical (unpaired) electrons. The van der Waals surface area contributed by atoms with Crippen molar-refractivity contribution < 1.29 is 0 Å². The first kappa shape index (κ1) is 11.9. The first-order valence-corrected chi connectivity index (χ1v) is 6.08. The molecule has 0 aromatic carbocycles. The van der Waals surface area contributed by atoms with Crippen molar-refractivity contribution in [2.24, 2.45) is 0 Å². The van der Waals surface area contributed by atoms with Crippen molar-refractivity contribution in [1.82, 2.24) is 14.3 Å². The quantitative estimate of drug-likeness (QED) is 0.929. The fourth-order valence-corrected chi connectivity index (χ4v) is 1.92. The lowest BCUT2D eigenvalue weighted by Crippen LogP contribution is -2.19. The Balaban J connectivity index is 1.94. The standard InChI is InChI=1S/C11H13BrN4O/c12-9-6-14-16(7-9)5-1-4-15-8-10(13)2-3-11(15)17/h2-3,6-8H,1,4-5,13H2. The number of hydrogen-bond donors (Lipinski definition) is 1. The van der Waals surface area contributed by atoms with Crippen molar-refractivity contribution in [3.63, 3.8) is 0 Å². The summed E-state index contributed by atoms with van der Waals surface area (Å²) in [5.41, 5.74) is 6.21. The van der Waals surface area contributed by atoms with Crippen LogP contribution in [0.5, 0.6) is 0 Å². The average Bonchev–Trinajstić information content (AvgIpc) is 2.69. The van der Waals surface area contributed by atoms with Gasteiger partial charge in [0.05, 0.1) is 10.7 Å². The zero-order valence-corrected chi connectivity index (χ0v) is 10.8. The number of halogens is 1. The number of anilines is 1. The SMILES string of the molecule is Nc1ccc(=O)n(CCCn2cc(Br)cn2)c1. The van der Waals surface area contributed by atoms with Gasteiger partial charge in [0.15, 0.2) is 0 Å². The first-order chi connectivity index (χ1) is 8.15. The van der Waals surface area contributed by atoms with E-state index in [-0.39, 0.29) is 5.56 Å². The fourth-order valence-electron chi connectivity index (χ4n) is 1.59. The molecule has 17 heavy (non-hydrogen) atoms. The van der Waals surface area contributed by atoms with Gasteiger partial charge in [0.1, 0.15) is 0 Å². The molecule has 90 valence electrons. The summed E-state index contributed by atoms with van der Waals surface area (Å²) < 4.78 is 4.41. The third-order valence-electron chi connectivity index (χ3n) is 2.39. The van der Waals surface area contributed by atoms with Gasteiger partial charge in [-0.1, -0.05) is 0 Å². The normalized spacial score (nSPS) is 10.6. The lowest BCUT2D eigenvalue weighted by molar-refractivity contribution is 0.520. The van der Waals surface area contributed by atoms with Gasteiger partial charge in [-0.25, -0.2) is 0 Å². The highest BCUT2D eigenvalue weighted by Crippen LogP contribution is 2.06. The van der Waals surface area contributed by atoms with E-state index in [9.17, 15) is 4.79 Å². The Hall–Kier alpha value is -1.56. The number of pyridine rings is 1. The van der Waals surface area contributed by atoms with Crippen LogP contribution in [0.4, 0.5) is 5.69 Å². The van der Waals surface area contributed by atoms with Crippen LogP contribution in [0.3, 0.4) is 0 Å². The van der Waals surface area contributed by atoms with Crippen LogP contribution in [-0.2, 0) is 13.1 Å². The molecular formula is C11H13BrN4O. The molecule has 0 aliphatic rings. The van der Waals surface area contributed by atoms with Gasteiger partial charge in [-0.15, -0.1) is 0 Å². The first-order valence-electron chi connectivity index (χ1n) is 5.29. The van der Waals surface area contributed by atoms with Gasteiger partial charge >= 0.3 is 0 Å². The summed E-state index contributed by atoms with van der Waals surface area (Å²) in [6.45, 7) is 1.41. The molecule has 0 amide bonds. The summed E-state index contributed by atoms with van der Waals surface area (Å²) in [6.07, 6.45) is 6.15. The fraction of sp³-hybridized carbons (Fsp3) is 0.273. The number of hydrogen-bond acceptors (Lipinski definition) is 3. The van der Waals surface area contributed by atoms with Gasteiger partial charge in [0, 0.05) is 37.2 Å². The van der Waals surface area contributed by atoms with Crippen LogP contribution in [0.25, 0.3) is 0 Å². The van der Waals surface area contributed by atoms with Crippen LogP contribution in [-0.4, -0.2) is 14.3 Å². The molecule has 0 unspecified atom stereocenters. The Morgan fingerprint density at radius 1 is 1.29 bits per heavy atom. The van der Waals surface area contributed by atoms with E-state index in [1.54, 1.807) is 23.0 Å². The predicted octanol–water partition coefficient (Wildman–Crippen LogP) is 1.48. The molecule has 0 bridgehead atoms. The molecule has 0 saturated heterocycles. The summed E-state index contributed by atoms with van der Waals surface area (Å²) >= 11 is 3.34. The lowest BCUT2D eigenvalue weighted by atomic mass is 10.3. The Morgan fingerprint density at radius 2 is 2.12 bits per heavy atom. The molecule has 2 aromatic rings. The Labute approximate surface area is 107 Å². The summed E-state index contributed by atoms with van der Waals surface area (Å²) in [5, 5.41) is 4.14. The van der Waals surface area contributed by atoms with Crippen molar-refractivity contribution in [3.8, 4) is 0 Å². The van der Waals surface area contributed by atoms with E-state index in [1.807, 2.05) is 10.9 Å². The van der Waals surface area contributed by atoms with Gasteiger partial charge in [-0.2, -0.15) is 5.10 Å². The largest absolute Gasteiger partial charge is 0.398 e. The third-order valence-corrected chi connectivity index (χ3v) is 2.80. The van der Waals surface area contributed by atoms with Crippen molar-refractivity contribution in [1.29, 1.82) is 0 Å². The maximum atomic E-state index is 11.5. The number of nitrogens with zero attached hydrogens (tertiary/aromatic N) is 3. The van der Waals surface area contributed by atoms with E-state index in [2.05, 4.69) is 21.0 Å². The predicted molar refractivity (Wildman–Crippen MR) is 69.7 cm³/mol. The molecule has 0 aliphatic heterocycles. The van der Waals surface area contributed by atoms with Gasteiger partial charge in [-0.3, -0.25) is 9.48 Å². The van der Waals surface area contributed by atoms with E-state index in [1.165, 1.54) is 6.07 Å². The summed E-state index contributed by atoms with van der Waals surface area (Å²) in [4.78, 5) is 11.5. The van der Waals surface area contributed by atoms with Crippen LogP contribution in [0, 0.1) is 0 Å². The average molecular weight is 297 g/mol. The van der Waals surface area contributed by atoms with Crippen LogP contribution in [0.1, 0.15) is 6.42 Å². The summed E-state index contributed by atoms with van der Waals surface area (Å²) in [7, 11) is 0. The molecule has 2 N–H and O–H groups in total. The molecule has 0 atom stereocenters. The van der Waals surface area contributed by atoms with Gasteiger partial charge in [0.25, 0.3) is 5.56 Å². The smallest absolute Gasteiger partial charge is 0.250 e. The van der Waals surface area contributed by atoms with Gasteiger partial charge in [-0.05, 0) is 28.4 Å². The lowest BCUT2D eigenvalue weighted by Gasteiger charge is -2.06. The maximum Gasteiger partial charge on any atom is 0.250 e. The number of nitrogen functional groups attached to an aromatic ring is 1. The Morgan fingerprint density at radius 3 is 2.82 bits per heavy atom. The maximum absolute atomic E-state index is 11.5. The number of nitrogens with two attached hydrogens (primary N) is 1. The Bertz CT molecular complexity index is 561. The van der Waals surface area contributed by atoms with Crippen LogP contribution in [0.2, 0.25) is 0 Å². The molecule has 2 heterocycles. The molecule has 0 fully saturated rings. The summed E-state index contributed by atoms with van der Waals surface area (Å²) in [6, 6.07) is 3.10. The van der Waals surface area contributed by atoms with Crippen LogP contribution >= 0.6 is 15.9 Å². The van der Waals surface area contributed by atoms with Crippen LogP contribution in [0.15, 0.2) is 40.0 Å². The number of aryl methyl sites for hydroxylation is 2. The number of aromatic nitrogens is 3. The molecular weight excluding hydrogens is 284 g/mol. The molecule has 0 aliphatic carbocycles. The van der Waals surface area contributed by atoms with E-state index in [0.717, 1.165) is 17.4 Å². The highest BCUT2D eigenvalue weighted by atomic mass is 79.9. The Kier molecular flexibility index (Phi) is 3.63. The summed E-state index contributed by atoms with van der Waals surface area (Å²) in [5.74, 6) is 0. The minimum absolute atomic E-state index is 0.0270. The topological polar surface area (TPSA) is 65.8 Å².